The predicted octanol–water partition coefficient (Wildman–Crippen LogP) is 1.90. The lowest BCUT2D eigenvalue weighted by molar-refractivity contribution is 0.0923. The average molecular weight is 209 g/mol. The molecule has 2 N–H and O–H groups in total. The molecule has 0 aliphatic heterocycles. The Bertz CT molecular complexity index is 322. The van der Waals surface area contributed by atoms with Crippen LogP contribution in [0.5, 0.6) is 0 Å². The summed E-state index contributed by atoms with van der Waals surface area (Å²) in [5.74, 6) is 0.738. The summed E-state index contributed by atoms with van der Waals surface area (Å²) in [5, 5.41) is 0. The van der Waals surface area contributed by atoms with Gasteiger partial charge in [-0.25, -0.2) is 9.97 Å². The topological polar surface area (TPSA) is 61.0 Å². The van der Waals surface area contributed by atoms with Crippen LogP contribution >= 0.6 is 0 Å². The minimum Gasteiger partial charge on any atom is -0.373 e. The second kappa shape index (κ2) is 5.19. The van der Waals surface area contributed by atoms with Gasteiger partial charge >= 0.3 is 0 Å². The second-order valence-corrected chi connectivity index (χ2v) is 3.69. The third-order valence-electron chi connectivity index (χ3n) is 2.47. The summed E-state index contributed by atoms with van der Waals surface area (Å²) in [6.07, 6.45) is 2.64. The molecule has 4 nitrogen and oxygen atoms in total. The molecule has 0 fully saturated rings. The molecule has 4 heteroatoms. The zero-order valence-corrected chi connectivity index (χ0v) is 9.82. The van der Waals surface area contributed by atoms with Gasteiger partial charge < -0.3 is 10.5 Å². The Hall–Kier alpha value is -1.00. The highest BCUT2D eigenvalue weighted by atomic mass is 16.5. The number of aryl methyl sites for hydroxylation is 1. The molecule has 0 amide bonds. The summed E-state index contributed by atoms with van der Waals surface area (Å²) < 4.78 is 5.28. The van der Waals surface area contributed by atoms with E-state index in [2.05, 4.69) is 9.97 Å². The first-order valence-electron chi connectivity index (χ1n) is 5.22. The fourth-order valence-corrected chi connectivity index (χ4v) is 1.55. The average Bonchev–Trinajstić information content (AvgIpc) is 2.19. The van der Waals surface area contributed by atoms with Crippen molar-refractivity contribution in [3.05, 3.63) is 23.3 Å². The number of ether oxygens (including phenoxy) is 1. The molecule has 84 valence electrons. The zero-order chi connectivity index (χ0) is 11.4. The van der Waals surface area contributed by atoms with Gasteiger partial charge in [0.2, 0.25) is 0 Å². The number of rotatable bonds is 4. The van der Waals surface area contributed by atoms with Crippen molar-refractivity contribution in [1.29, 1.82) is 0 Å². The van der Waals surface area contributed by atoms with Crippen LogP contribution in [0.25, 0.3) is 0 Å². The maximum Gasteiger partial charge on any atom is 0.157 e. The Morgan fingerprint density at radius 3 is 2.60 bits per heavy atom. The van der Waals surface area contributed by atoms with Crippen molar-refractivity contribution in [2.24, 2.45) is 5.73 Å². The van der Waals surface area contributed by atoms with Gasteiger partial charge in [-0.05, 0) is 20.3 Å². The lowest BCUT2D eigenvalue weighted by Crippen LogP contribution is -2.12. The van der Waals surface area contributed by atoms with E-state index in [1.54, 1.807) is 13.3 Å². The number of nitrogens with two attached hydrogens (primary N) is 1. The van der Waals surface area contributed by atoms with E-state index in [0.29, 0.717) is 0 Å². The molecule has 0 aliphatic carbocycles. The molecular formula is C11H19N3O. The van der Waals surface area contributed by atoms with Crippen molar-refractivity contribution in [3.8, 4) is 0 Å². The first-order valence-corrected chi connectivity index (χ1v) is 5.22. The van der Waals surface area contributed by atoms with Crippen LogP contribution < -0.4 is 5.73 Å². The fourth-order valence-electron chi connectivity index (χ4n) is 1.55. The van der Waals surface area contributed by atoms with Gasteiger partial charge in [0.05, 0.1) is 0 Å². The van der Waals surface area contributed by atoms with Crippen LogP contribution in [0.15, 0.2) is 6.20 Å². The van der Waals surface area contributed by atoms with Gasteiger partial charge in [0, 0.05) is 30.6 Å². The van der Waals surface area contributed by atoms with Gasteiger partial charge in [0.15, 0.2) is 5.82 Å². The van der Waals surface area contributed by atoms with Crippen LogP contribution in [-0.4, -0.2) is 17.1 Å². The lowest BCUT2D eigenvalue weighted by Gasteiger charge is -2.14. The van der Waals surface area contributed by atoms with Gasteiger partial charge in [-0.3, -0.25) is 0 Å². The normalized spacial score (nSPS) is 15.0. The van der Waals surface area contributed by atoms with E-state index in [1.807, 2.05) is 20.8 Å². The lowest BCUT2D eigenvalue weighted by atomic mass is 10.1. The molecule has 1 aromatic rings. The maximum absolute atomic E-state index is 5.79. The summed E-state index contributed by atoms with van der Waals surface area (Å²) in [6.45, 7) is 5.93. The SMILES string of the molecule is CCC(OC)c1ncc([C@H](C)N)c(C)n1. The Morgan fingerprint density at radius 2 is 2.20 bits per heavy atom. The van der Waals surface area contributed by atoms with Gasteiger partial charge in [0.25, 0.3) is 0 Å². The molecule has 15 heavy (non-hydrogen) atoms. The zero-order valence-electron chi connectivity index (χ0n) is 9.82. The van der Waals surface area contributed by atoms with E-state index in [1.165, 1.54) is 0 Å². The first kappa shape index (κ1) is 12.1. The van der Waals surface area contributed by atoms with Gasteiger partial charge in [-0.1, -0.05) is 6.92 Å². The van der Waals surface area contributed by atoms with Crippen LogP contribution in [0.1, 0.15) is 49.5 Å². The summed E-state index contributed by atoms with van der Waals surface area (Å²) in [5.41, 5.74) is 7.72. The smallest absolute Gasteiger partial charge is 0.157 e. The molecule has 0 saturated heterocycles. The molecule has 0 spiro atoms. The standard InChI is InChI=1S/C11H19N3O/c1-5-10(15-4)11-13-6-9(7(2)12)8(3)14-11/h6-7,10H,5,12H2,1-4H3/t7-,10?/m0/s1. The molecule has 1 unspecified atom stereocenters. The van der Waals surface area contributed by atoms with E-state index < -0.39 is 0 Å². The Labute approximate surface area is 90.9 Å². The summed E-state index contributed by atoms with van der Waals surface area (Å²) in [7, 11) is 1.67. The van der Waals surface area contributed by atoms with E-state index >= 15 is 0 Å². The predicted molar refractivity (Wildman–Crippen MR) is 59.4 cm³/mol. The molecule has 1 aromatic heterocycles. The van der Waals surface area contributed by atoms with Crippen molar-refractivity contribution >= 4 is 0 Å². The number of hydrogen-bond acceptors (Lipinski definition) is 4. The molecule has 2 atom stereocenters. The van der Waals surface area contributed by atoms with Crippen LogP contribution in [0.2, 0.25) is 0 Å². The highest BCUT2D eigenvalue weighted by molar-refractivity contribution is 5.19. The number of nitrogens with zero attached hydrogens (tertiary/aromatic N) is 2. The number of hydrogen-bond donors (Lipinski definition) is 1. The van der Waals surface area contributed by atoms with E-state index in [0.717, 1.165) is 23.5 Å². The Morgan fingerprint density at radius 1 is 1.53 bits per heavy atom. The monoisotopic (exact) mass is 209 g/mol. The van der Waals surface area contributed by atoms with Crippen molar-refractivity contribution < 1.29 is 4.74 Å². The molecule has 0 aliphatic rings. The molecule has 0 bridgehead atoms. The third kappa shape index (κ3) is 2.73. The Kier molecular flexibility index (Phi) is 4.17. The molecule has 1 rings (SSSR count). The largest absolute Gasteiger partial charge is 0.373 e. The fraction of sp³-hybridized carbons (Fsp3) is 0.636. The minimum absolute atomic E-state index is 0.0224. The van der Waals surface area contributed by atoms with Gasteiger partial charge in [0.1, 0.15) is 6.10 Å². The number of aromatic nitrogens is 2. The van der Waals surface area contributed by atoms with Crippen molar-refractivity contribution in [1.82, 2.24) is 9.97 Å². The highest BCUT2D eigenvalue weighted by Gasteiger charge is 2.13. The van der Waals surface area contributed by atoms with Crippen molar-refractivity contribution in [2.45, 2.75) is 39.3 Å². The molecule has 1 heterocycles. The van der Waals surface area contributed by atoms with Crippen LogP contribution in [0.3, 0.4) is 0 Å². The quantitative estimate of drug-likeness (QED) is 0.822. The third-order valence-corrected chi connectivity index (χ3v) is 2.47. The van der Waals surface area contributed by atoms with Crippen molar-refractivity contribution in [3.63, 3.8) is 0 Å². The van der Waals surface area contributed by atoms with E-state index in [9.17, 15) is 0 Å². The number of methoxy groups -OCH3 is 1. The second-order valence-electron chi connectivity index (χ2n) is 3.69. The van der Waals surface area contributed by atoms with Gasteiger partial charge in [-0.2, -0.15) is 0 Å². The molecule has 0 saturated carbocycles. The van der Waals surface area contributed by atoms with Crippen molar-refractivity contribution in [2.75, 3.05) is 7.11 Å². The van der Waals surface area contributed by atoms with E-state index in [-0.39, 0.29) is 12.1 Å². The minimum atomic E-state index is -0.0262. The van der Waals surface area contributed by atoms with Crippen LogP contribution in [0, 0.1) is 6.92 Å². The van der Waals surface area contributed by atoms with Crippen LogP contribution in [-0.2, 0) is 4.74 Å². The molecular weight excluding hydrogens is 190 g/mol. The maximum atomic E-state index is 5.79. The summed E-state index contributed by atoms with van der Waals surface area (Å²) in [4.78, 5) is 8.71. The Balaban J connectivity index is 3.00. The first-order chi connectivity index (χ1) is 7.10. The summed E-state index contributed by atoms with van der Waals surface area (Å²) in [6, 6.07) is -0.0262. The highest BCUT2D eigenvalue weighted by Crippen LogP contribution is 2.19. The van der Waals surface area contributed by atoms with E-state index in [4.69, 9.17) is 10.5 Å². The van der Waals surface area contributed by atoms with Crippen LogP contribution in [0.4, 0.5) is 0 Å². The molecule has 0 radical (unpaired) electrons. The van der Waals surface area contributed by atoms with Gasteiger partial charge in [-0.15, -0.1) is 0 Å². The molecule has 0 aromatic carbocycles. The summed E-state index contributed by atoms with van der Waals surface area (Å²) >= 11 is 0.